The molecule has 0 aliphatic rings. The summed E-state index contributed by atoms with van der Waals surface area (Å²) in [7, 11) is 0. The zero-order valence-electron chi connectivity index (χ0n) is 11.4. The molecule has 0 atom stereocenters. The fourth-order valence-electron chi connectivity index (χ4n) is 2.30. The Morgan fingerprint density at radius 1 is 1.10 bits per heavy atom. The van der Waals surface area contributed by atoms with E-state index in [1.807, 2.05) is 41.0 Å². The van der Waals surface area contributed by atoms with Crippen LogP contribution in [0.5, 0.6) is 0 Å². The van der Waals surface area contributed by atoms with Crippen molar-refractivity contribution in [2.45, 2.75) is 12.8 Å². The van der Waals surface area contributed by atoms with E-state index < -0.39 is 0 Å². The van der Waals surface area contributed by atoms with Crippen LogP contribution >= 0.6 is 27.5 Å². The molecule has 5 heteroatoms. The van der Waals surface area contributed by atoms with Gasteiger partial charge < -0.3 is 0 Å². The number of hydrogen-bond donors (Lipinski definition) is 0. The number of rotatable bonds is 3. The molecule has 0 saturated carbocycles. The summed E-state index contributed by atoms with van der Waals surface area (Å²) in [6, 6.07) is 16.2. The van der Waals surface area contributed by atoms with Gasteiger partial charge in [0, 0.05) is 15.7 Å². The Hall–Kier alpha value is -1.65. The van der Waals surface area contributed by atoms with Crippen LogP contribution < -0.4 is 0 Å². The fourth-order valence-corrected chi connectivity index (χ4v) is 3.08. The summed E-state index contributed by atoms with van der Waals surface area (Å²) in [5.41, 5.74) is 3.18. The molecule has 106 valence electrons. The Morgan fingerprint density at radius 2 is 1.86 bits per heavy atom. The Kier molecular flexibility index (Phi) is 4.08. The third kappa shape index (κ3) is 2.87. The predicted molar refractivity (Wildman–Crippen MR) is 88.8 cm³/mol. The van der Waals surface area contributed by atoms with Crippen LogP contribution in [-0.2, 0) is 5.88 Å². The molecule has 2 aromatic carbocycles. The molecule has 3 rings (SSSR count). The maximum absolute atomic E-state index is 6.01. The second kappa shape index (κ2) is 6.00. The molecule has 0 radical (unpaired) electrons. The smallest absolute Gasteiger partial charge is 0.168 e. The summed E-state index contributed by atoms with van der Waals surface area (Å²) in [6.45, 7) is 2.06. The number of benzene rings is 2. The van der Waals surface area contributed by atoms with Crippen molar-refractivity contribution in [3.63, 3.8) is 0 Å². The zero-order valence-corrected chi connectivity index (χ0v) is 13.8. The molecule has 0 aliphatic heterocycles. The SMILES string of the molecule is Cc1cc(Br)cc(-c2nnc(CCl)n2-c2ccccc2)c1. The predicted octanol–water partition coefficient (Wildman–Crippen LogP) is 4.74. The highest BCUT2D eigenvalue weighted by atomic mass is 79.9. The second-order valence-electron chi connectivity index (χ2n) is 4.76. The fraction of sp³-hybridized carbons (Fsp3) is 0.125. The molecule has 0 bridgehead atoms. The minimum Gasteiger partial charge on any atom is -0.278 e. The van der Waals surface area contributed by atoms with Crippen molar-refractivity contribution in [2.75, 3.05) is 0 Å². The molecule has 0 saturated heterocycles. The van der Waals surface area contributed by atoms with Crippen molar-refractivity contribution >= 4 is 27.5 Å². The Labute approximate surface area is 136 Å². The molecular formula is C16H13BrClN3. The largest absolute Gasteiger partial charge is 0.278 e. The van der Waals surface area contributed by atoms with E-state index in [9.17, 15) is 0 Å². The van der Waals surface area contributed by atoms with Gasteiger partial charge >= 0.3 is 0 Å². The maximum Gasteiger partial charge on any atom is 0.168 e. The molecule has 1 heterocycles. The molecule has 0 amide bonds. The molecule has 0 aliphatic carbocycles. The highest BCUT2D eigenvalue weighted by Gasteiger charge is 2.15. The molecular weight excluding hydrogens is 350 g/mol. The van der Waals surface area contributed by atoms with Crippen molar-refractivity contribution in [3.8, 4) is 17.1 Å². The highest BCUT2D eigenvalue weighted by Crippen LogP contribution is 2.27. The minimum absolute atomic E-state index is 0.314. The van der Waals surface area contributed by atoms with Crippen LogP contribution in [0, 0.1) is 6.92 Å². The molecule has 0 N–H and O–H groups in total. The number of nitrogens with zero attached hydrogens (tertiary/aromatic N) is 3. The topological polar surface area (TPSA) is 30.7 Å². The van der Waals surface area contributed by atoms with Crippen molar-refractivity contribution in [3.05, 3.63) is 64.4 Å². The van der Waals surface area contributed by atoms with Gasteiger partial charge in [0.25, 0.3) is 0 Å². The third-order valence-electron chi connectivity index (χ3n) is 3.16. The van der Waals surface area contributed by atoms with Crippen LogP contribution in [0.3, 0.4) is 0 Å². The van der Waals surface area contributed by atoms with E-state index in [-0.39, 0.29) is 0 Å². The third-order valence-corrected chi connectivity index (χ3v) is 3.86. The number of hydrogen-bond acceptors (Lipinski definition) is 2. The van der Waals surface area contributed by atoms with Crippen LogP contribution in [0.25, 0.3) is 17.1 Å². The van der Waals surface area contributed by atoms with Crippen molar-refractivity contribution in [1.82, 2.24) is 14.8 Å². The maximum atomic E-state index is 6.01. The first-order valence-electron chi connectivity index (χ1n) is 6.52. The lowest BCUT2D eigenvalue weighted by molar-refractivity contribution is 0.953. The van der Waals surface area contributed by atoms with Gasteiger partial charge in [0.2, 0.25) is 0 Å². The second-order valence-corrected chi connectivity index (χ2v) is 5.94. The van der Waals surface area contributed by atoms with E-state index in [4.69, 9.17) is 11.6 Å². The van der Waals surface area contributed by atoms with E-state index in [0.717, 1.165) is 32.9 Å². The number of alkyl halides is 1. The summed E-state index contributed by atoms with van der Waals surface area (Å²) >= 11 is 9.54. The highest BCUT2D eigenvalue weighted by molar-refractivity contribution is 9.10. The number of para-hydroxylation sites is 1. The van der Waals surface area contributed by atoms with E-state index in [2.05, 4.69) is 45.2 Å². The van der Waals surface area contributed by atoms with Crippen LogP contribution in [0.15, 0.2) is 53.0 Å². The van der Waals surface area contributed by atoms with Crippen molar-refractivity contribution < 1.29 is 0 Å². The van der Waals surface area contributed by atoms with Crippen molar-refractivity contribution in [2.24, 2.45) is 0 Å². The van der Waals surface area contributed by atoms with E-state index in [1.165, 1.54) is 0 Å². The molecule has 0 fully saturated rings. The van der Waals surface area contributed by atoms with Crippen LogP contribution in [0.2, 0.25) is 0 Å². The number of aromatic nitrogens is 3. The van der Waals surface area contributed by atoms with Crippen LogP contribution in [0.4, 0.5) is 0 Å². The lowest BCUT2D eigenvalue weighted by Gasteiger charge is -2.10. The monoisotopic (exact) mass is 361 g/mol. The van der Waals surface area contributed by atoms with Gasteiger partial charge in [0.15, 0.2) is 11.6 Å². The summed E-state index contributed by atoms with van der Waals surface area (Å²) in [6.07, 6.45) is 0. The summed E-state index contributed by atoms with van der Waals surface area (Å²) < 4.78 is 3.02. The van der Waals surface area contributed by atoms with Gasteiger partial charge in [0.05, 0.1) is 5.88 Å². The number of aryl methyl sites for hydroxylation is 1. The lowest BCUT2D eigenvalue weighted by atomic mass is 10.1. The Morgan fingerprint density at radius 3 is 2.52 bits per heavy atom. The zero-order chi connectivity index (χ0) is 14.8. The van der Waals surface area contributed by atoms with Gasteiger partial charge in [-0.2, -0.15) is 0 Å². The minimum atomic E-state index is 0.314. The Bertz CT molecular complexity index is 748. The van der Waals surface area contributed by atoms with Gasteiger partial charge in [-0.05, 0) is 42.8 Å². The first-order valence-corrected chi connectivity index (χ1v) is 7.85. The van der Waals surface area contributed by atoms with Gasteiger partial charge in [-0.3, -0.25) is 4.57 Å². The average Bonchev–Trinajstić information content (AvgIpc) is 2.91. The van der Waals surface area contributed by atoms with Crippen LogP contribution in [0.1, 0.15) is 11.4 Å². The summed E-state index contributed by atoms with van der Waals surface area (Å²) in [4.78, 5) is 0. The number of halogens is 2. The molecule has 1 aromatic heterocycles. The van der Waals surface area contributed by atoms with Gasteiger partial charge in [-0.15, -0.1) is 21.8 Å². The van der Waals surface area contributed by atoms with Crippen molar-refractivity contribution in [1.29, 1.82) is 0 Å². The quantitative estimate of drug-likeness (QED) is 0.630. The molecule has 3 nitrogen and oxygen atoms in total. The first kappa shape index (κ1) is 14.3. The normalized spacial score (nSPS) is 10.8. The van der Waals surface area contributed by atoms with E-state index in [0.29, 0.717) is 5.88 Å². The summed E-state index contributed by atoms with van der Waals surface area (Å²) in [5, 5.41) is 8.54. The van der Waals surface area contributed by atoms with E-state index >= 15 is 0 Å². The van der Waals surface area contributed by atoms with Gasteiger partial charge in [0.1, 0.15) is 0 Å². The first-order chi connectivity index (χ1) is 10.2. The lowest BCUT2D eigenvalue weighted by Crippen LogP contribution is -2.01. The van der Waals surface area contributed by atoms with Gasteiger partial charge in [-0.1, -0.05) is 34.1 Å². The molecule has 0 spiro atoms. The average molecular weight is 363 g/mol. The Balaban J connectivity index is 2.22. The van der Waals surface area contributed by atoms with Crippen LogP contribution in [-0.4, -0.2) is 14.8 Å². The van der Waals surface area contributed by atoms with Gasteiger partial charge in [-0.25, -0.2) is 0 Å². The van der Waals surface area contributed by atoms with E-state index in [1.54, 1.807) is 0 Å². The molecule has 21 heavy (non-hydrogen) atoms. The molecule has 0 unspecified atom stereocenters. The standard InChI is InChI=1S/C16H13BrClN3/c1-11-7-12(9-13(17)8-11)16-20-19-15(10-18)21(16)14-5-3-2-4-6-14/h2-9H,10H2,1H3. The molecule has 3 aromatic rings. The summed E-state index contributed by atoms with van der Waals surface area (Å²) in [5.74, 6) is 1.84.